The van der Waals surface area contributed by atoms with Gasteiger partial charge in [0.25, 0.3) is 5.56 Å². The highest BCUT2D eigenvalue weighted by Gasteiger charge is 2.36. The third-order valence-corrected chi connectivity index (χ3v) is 4.66. The Morgan fingerprint density at radius 3 is 2.63 bits per heavy atom. The molecular weight excluding hydrogens is 363 g/mol. The summed E-state index contributed by atoms with van der Waals surface area (Å²) in [6, 6.07) is 3.67. The number of hydrogen-bond acceptors (Lipinski definition) is 5. The monoisotopic (exact) mass is 383 g/mol. The van der Waals surface area contributed by atoms with Crippen LogP contribution < -0.4 is 15.0 Å². The van der Waals surface area contributed by atoms with Gasteiger partial charge in [-0.25, -0.2) is 4.98 Å². The second kappa shape index (κ2) is 7.22. The highest BCUT2D eigenvalue weighted by atomic mass is 19.4. The SMILES string of the molecule is COc1cc(C)c(CN2CCc3nc(C(F)(F)F)[nH]c(=O)c3C2)c(OC)c1. The zero-order valence-electron chi connectivity index (χ0n) is 15.2. The predicted octanol–water partition coefficient (Wildman–Crippen LogP) is 2.67. The van der Waals surface area contributed by atoms with E-state index in [1.54, 1.807) is 20.3 Å². The van der Waals surface area contributed by atoms with E-state index in [1.807, 2.05) is 22.9 Å². The zero-order valence-corrected chi connectivity index (χ0v) is 15.2. The zero-order chi connectivity index (χ0) is 19.8. The van der Waals surface area contributed by atoms with Crippen molar-refractivity contribution in [2.75, 3.05) is 20.8 Å². The molecule has 0 unspecified atom stereocenters. The van der Waals surface area contributed by atoms with Crippen LogP contribution >= 0.6 is 0 Å². The molecule has 0 saturated heterocycles. The highest BCUT2D eigenvalue weighted by molar-refractivity contribution is 5.46. The Kier molecular flexibility index (Phi) is 5.14. The number of nitrogens with one attached hydrogen (secondary N) is 1. The Balaban J connectivity index is 1.87. The van der Waals surface area contributed by atoms with Crippen LogP contribution in [0.4, 0.5) is 13.2 Å². The molecule has 0 saturated carbocycles. The van der Waals surface area contributed by atoms with Gasteiger partial charge in [0, 0.05) is 37.7 Å². The van der Waals surface area contributed by atoms with Gasteiger partial charge in [-0.2, -0.15) is 13.2 Å². The van der Waals surface area contributed by atoms with Crippen molar-refractivity contribution >= 4 is 0 Å². The van der Waals surface area contributed by atoms with Crippen molar-refractivity contribution in [2.45, 2.75) is 32.6 Å². The molecule has 3 rings (SSSR count). The maximum Gasteiger partial charge on any atom is 0.449 e. The lowest BCUT2D eigenvalue weighted by atomic mass is 10.0. The van der Waals surface area contributed by atoms with Gasteiger partial charge in [-0.1, -0.05) is 0 Å². The number of aromatic amines is 1. The van der Waals surface area contributed by atoms with E-state index in [-0.39, 0.29) is 24.2 Å². The van der Waals surface area contributed by atoms with E-state index >= 15 is 0 Å². The molecule has 0 bridgehead atoms. The van der Waals surface area contributed by atoms with Crippen molar-refractivity contribution in [1.29, 1.82) is 0 Å². The molecule has 146 valence electrons. The number of aryl methyl sites for hydroxylation is 1. The molecule has 0 atom stereocenters. The van der Waals surface area contributed by atoms with Crippen molar-refractivity contribution in [3.63, 3.8) is 0 Å². The van der Waals surface area contributed by atoms with E-state index in [9.17, 15) is 18.0 Å². The van der Waals surface area contributed by atoms with Gasteiger partial charge in [-0.05, 0) is 18.6 Å². The van der Waals surface area contributed by atoms with Crippen molar-refractivity contribution < 1.29 is 22.6 Å². The summed E-state index contributed by atoms with van der Waals surface area (Å²) in [5, 5.41) is 0. The van der Waals surface area contributed by atoms with Gasteiger partial charge in [0.2, 0.25) is 5.82 Å². The van der Waals surface area contributed by atoms with E-state index in [1.165, 1.54) is 0 Å². The number of aromatic nitrogens is 2. The molecule has 9 heteroatoms. The van der Waals surface area contributed by atoms with Crippen LogP contribution in [-0.4, -0.2) is 35.6 Å². The second-order valence-corrected chi connectivity index (χ2v) is 6.42. The normalized spacial score (nSPS) is 14.7. The van der Waals surface area contributed by atoms with Crippen molar-refractivity contribution in [2.24, 2.45) is 0 Å². The van der Waals surface area contributed by atoms with Crippen LogP contribution in [0.5, 0.6) is 11.5 Å². The third kappa shape index (κ3) is 3.92. The summed E-state index contributed by atoms with van der Waals surface area (Å²) in [5.74, 6) is 0.0990. The molecule has 0 spiro atoms. The number of H-pyrrole nitrogens is 1. The Labute approximate surface area is 153 Å². The molecule has 1 aliphatic heterocycles. The molecule has 2 heterocycles. The minimum atomic E-state index is -4.67. The largest absolute Gasteiger partial charge is 0.497 e. The van der Waals surface area contributed by atoms with Crippen molar-refractivity contribution in [3.8, 4) is 11.5 Å². The van der Waals surface area contributed by atoms with E-state index < -0.39 is 17.6 Å². The van der Waals surface area contributed by atoms with Gasteiger partial charge in [-0.3, -0.25) is 9.69 Å². The minimum absolute atomic E-state index is 0.209. The number of ether oxygens (including phenoxy) is 2. The van der Waals surface area contributed by atoms with Crippen LogP contribution in [0.3, 0.4) is 0 Å². The summed E-state index contributed by atoms with van der Waals surface area (Å²) in [4.78, 5) is 19.6. The first-order chi connectivity index (χ1) is 12.7. The lowest BCUT2D eigenvalue weighted by Gasteiger charge is -2.29. The fraction of sp³-hybridized carbons (Fsp3) is 0.444. The van der Waals surface area contributed by atoms with Crippen LogP contribution in [0.2, 0.25) is 0 Å². The first kappa shape index (κ1) is 19.2. The molecule has 0 aliphatic carbocycles. The number of nitrogens with zero attached hydrogens (tertiary/aromatic N) is 2. The standard InChI is InChI=1S/C18H20F3N3O3/c1-10-6-11(26-2)7-15(27-3)12(10)8-24-5-4-14-13(9-24)16(25)23-17(22-14)18(19,20)21/h6-7H,4-5,8-9H2,1-3H3,(H,22,23,25). The lowest BCUT2D eigenvalue weighted by molar-refractivity contribution is -0.145. The summed E-state index contributed by atoms with van der Waals surface area (Å²) in [6.45, 7) is 3.15. The third-order valence-electron chi connectivity index (χ3n) is 4.66. The topological polar surface area (TPSA) is 67.5 Å². The number of benzene rings is 1. The molecule has 1 aromatic carbocycles. The van der Waals surface area contributed by atoms with Gasteiger partial charge in [-0.15, -0.1) is 0 Å². The maximum atomic E-state index is 12.8. The molecule has 2 aromatic rings. The maximum absolute atomic E-state index is 12.8. The van der Waals surface area contributed by atoms with Crippen LogP contribution in [0.15, 0.2) is 16.9 Å². The first-order valence-corrected chi connectivity index (χ1v) is 8.36. The summed E-state index contributed by atoms with van der Waals surface area (Å²) in [5.41, 5.74) is 1.66. The summed E-state index contributed by atoms with van der Waals surface area (Å²) in [7, 11) is 3.14. The Morgan fingerprint density at radius 1 is 1.26 bits per heavy atom. The predicted molar refractivity (Wildman–Crippen MR) is 92.0 cm³/mol. The Hall–Kier alpha value is -2.55. The van der Waals surface area contributed by atoms with E-state index in [4.69, 9.17) is 9.47 Å². The number of rotatable bonds is 4. The average molecular weight is 383 g/mol. The molecule has 1 N–H and O–H groups in total. The molecular formula is C18H20F3N3O3. The molecule has 1 aliphatic rings. The summed E-state index contributed by atoms with van der Waals surface area (Å²) in [6.07, 6.45) is -4.39. The van der Waals surface area contributed by atoms with Gasteiger partial charge in [0.1, 0.15) is 11.5 Å². The van der Waals surface area contributed by atoms with Crippen molar-refractivity contribution in [3.05, 3.63) is 50.7 Å². The smallest absolute Gasteiger partial charge is 0.449 e. The molecule has 0 radical (unpaired) electrons. The van der Waals surface area contributed by atoms with E-state index in [2.05, 4.69) is 4.98 Å². The van der Waals surface area contributed by atoms with Gasteiger partial charge in [0.15, 0.2) is 0 Å². The van der Waals surface area contributed by atoms with Crippen molar-refractivity contribution in [1.82, 2.24) is 14.9 Å². The minimum Gasteiger partial charge on any atom is -0.497 e. The number of hydrogen-bond donors (Lipinski definition) is 1. The fourth-order valence-electron chi connectivity index (χ4n) is 3.23. The molecule has 0 fully saturated rings. The molecule has 6 nitrogen and oxygen atoms in total. The van der Waals surface area contributed by atoms with Crippen LogP contribution in [-0.2, 0) is 25.7 Å². The summed E-state index contributed by atoms with van der Waals surface area (Å²) < 4.78 is 49.2. The second-order valence-electron chi connectivity index (χ2n) is 6.42. The molecule has 0 amide bonds. The Bertz CT molecular complexity index is 909. The summed E-state index contributed by atoms with van der Waals surface area (Å²) >= 11 is 0. The number of alkyl halides is 3. The van der Waals surface area contributed by atoms with Gasteiger partial charge >= 0.3 is 6.18 Å². The first-order valence-electron chi connectivity index (χ1n) is 8.36. The van der Waals surface area contributed by atoms with Crippen LogP contribution in [0.25, 0.3) is 0 Å². The quantitative estimate of drug-likeness (QED) is 0.879. The average Bonchev–Trinajstić information content (AvgIpc) is 2.62. The Morgan fingerprint density at radius 2 is 2.00 bits per heavy atom. The van der Waals surface area contributed by atoms with E-state index in [0.717, 1.165) is 11.1 Å². The fourth-order valence-corrected chi connectivity index (χ4v) is 3.23. The molecule has 27 heavy (non-hydrogen) atoms. The van der Waals surface area contributed by atoms with Gasteiger partial charge < -0.3 is 14.5 Å². The van der Waals surface area contributed by atoms with Gasteiger partial charge in [0.05, 0.1) is 25.5 Å². The lowest BCUT2D eigenvalue weighted by Crippen LogP contribution is -2.36. The highest BCUT2D eigenvalue weighted by Crippen LogP contribution is 2.31. The number of halogens is 3. The van der Waals surface area contributed by atoms with E-state index in [0.29, 0.717) is 24.6 Å². The number of fused-ring (bicyclic) bond motifs is 1. The molecule has 1 aromatic heterocycles. The number of methoxy groups -OCH3 is 2. The van der Waals surface area contributed by atoms with Crippen LogP contribution in [0, 0.1) is 6.92 Å². The van der Waals surface area contributed by atoms with Crippen LogP contribution in [0.1, 0.15) is 28.2 Å².